The lowest BCUT2D eigenvalue weighted by Gasteiger charge is -2.22. The van der Waals surface area contributed by atoms with Gasteiger partial charge in [0.1, 0.15) is 5.76 Å². The number of hydrogen-bond donors (Lipinski definition) is 2. The fourth-order valence-corrected chi connectivity index (χ4v) is 3.27. The minimum atomic E-state index is -0.309. The first-order valence-corrected chi connectivity index (χ1v) is 9.35. The van der Waals surface area contributed by atoms with Gasteiger partial charge in [-0.3, -0.25) is 4.79 Å². The zero-order valence-electron chi connectivity index (χ0n) is 16.0. The van der Waals surface area contributed by atoms with E-state index in [4.69, 9.17) is 4.42 Å². The van der Waals surface area contributed by atoms with E-state index in [-0.39, 0.29) is 24.7 Å². The monoisotopic (exact) mass is 387 g/mol. The van der Waals surface area contributed by atoms with Crippen molar-refractivity contribution in [1.29, 1.82) is 0 Å². The van der Waals surface area contributed by atoms with Crippen LogP contribution in [0.15, 0.2) is 82.2 Å². The molecule has 0 saturated carbocycles. The van der Waals surface area contributed by atoms with Gasteiger partial charge in [0.15, 0.2) is 0 Å². The quantitative estimate of drug-likeness (QED) is 0.523. The van der Waals surface area contributed by atoms with Crippen molar-refractivity contribution in [3.05, 3.63) is 100 Å². The predicted molar refractivity (Wildman–Crippen MR) is 113 cm³/mol. The second-order valence-electron chi connectivity index (χ2n) is 6.89. The minimum absolute atomic E-state index is 0.151. The van der Waals surface area contributed by atoms with Crippen LogP contribution in [-0.4, -0.2) is 15.9 Å². The van der Waals surface area contributed by atoms with Gasteiger partial charge in [-0.25, -0.2) is 4.79 Å². The number of nitrogens with zero attached hydrogens (tertiary/aromatic N) is 1. The van der Waals surface area contributed by atoms with Crippen LogP contribution in [0.4, 0.5) is 10.5 Å². The Morgan fingerprint density at radius 2 is 1.86 bits per heavy atom. The Bertz CT molecular complexity index is 1180. The number of hydrogen-bond acceptors (Lipinski definition) is 3. The molecule has 0 saturated heterocycles. The number of carbonyl (C=O) groups is 1. The summed E-state index contributed by atoms with van der Waals surface area (Å²) in [6, 6.07) is 20.2. The van der Waals surface area contributed by atoms with Crippen LogP contribution >= 0.6 is 0 Å². The van der Waals surface area contributed by atoms with Crippen LogP contribution in [0, 0.1) is 6.92 Å². The highest BCUT2D eigenvalue weighted by Gasteiger charge is 2.18. The Morgan fingerprint density at radius 1 is 1.03 bits per heavy atom. The van der Waals surface area contributed by atoms with E-state index >= 15 is 0 Å². The van der Waals surface area contributed by atoms with Crippen LogP contribution in [-0.2, 0) is 13.1 Å². The Hall–Kier alpha value is -3.80. The number of aromatic nitrogens is 1. The summed E-state index contributed by atoms with van der Waals surface area (Å²) >= 11 is 0. The maximum Gasteiger partial charge on any atom is 0.322 e. The molecule has 0 spiro atoms. The van der Waals surface area contributed by atoms with Gasteiger partial charge in [0.2, 0.25) is 0 Å². The summed E-state index contributed by atoms with van der Waals surface area (Å²) in [7, 11) is 0. The molecular weight excluding hydrogens is 366 g/mol. The van der Waals surface area contributed by atoms with Crippen molar-refractivity contribution in [2.75, 3.05) is 5.32 Å². The molecule has 0 unspecified atom stereocenters. The number of H-pyrrole nitrogens is 1. The summed E-state index contributed by atoms with van der Waals surface area (Å²) in [5, 5.41) is 3.81. The molecule has 0 aliphatic carbocycles. The van der Waals surface area contributed by atoms with Crippen LogP contribution in [0.25, 0.3) is 10.9 Å². The second kappa shape index (κ2) is 8.06. The Kier molecular flexibility index (Phi) is 5.16. The van der Waals surface area contributed by atoms with E-state index in [0.717, 1.165) is 16.5 Å². The molecule has 2 aromatic carbocycles. The SMILES string of the molecule is Cc1cccc2cc(CN(Cc3ccco3)C(=O)Nc3ccccc3)c(=O)[nH]c12. The lowest BCUT2D eigenvalue weighted by molar-refractivity contribution is 0.201. The third-order valence-corrected chi connectivity index (χ3v) is 4.77. The van der Waals surface area contributed by atoms with Crippen molar-refractivity contribution in [3.8, 4) is 0 Å². The molecule has 146 valence electrons. The molecule has 2 heterocycles. The van der Waals surface area contributed by atoms with Gasteiger partial charge in [-0.15, -0.1) is 0 Å². The number of benzene rings is 2. The van der Waals surface area contributed by atoms with E-state index in [1.54, 1.807) is 23.3 Å². The average molecular weight is 387 g/mol. The van der Waals surface area contributed by atoms with Crippen molar-refractivity contribution >= 4 is 22.6 Å². The summed E-state index contributed by atoms with van der Waals surface area (Å²) in [5.41, 5.74) is 2.81. The topological polar surface area (TPSA) is 78.3 Å². The Morgan fingerprint density at radius 3 is 2.62 bits per heavy atom. The molecule has 0 bridgehead atoms. The number of para-hydroxylation sites is 2. The highest BCUT2D eigenvalue weighted by atomic mass is 16.3. The lowest BCUT2D eigenvalue weighted by atomic mass is 10.1. The summed E-state index contributed by atoms with van der Waals surface area (Å²) < 4.78 is 5.41. The van der Waals surface area contributed by atoms with E-state index in [1.807, 2.05) is 61.5 Å². The van der Waals surface area contributed by atoms with Gasteiger partial charge in [-0.2, -0.15) is 0 Å². The number of aryl methyl sites for hydroxylation is 1. The number of anilines is 1. The number of aromatic amines is 1. The summed E-state index contributed by atoms with van der Waals surface area (Å²) in [6.45, 7) is 2.35. The second-order valence-corrected chi connectivity index (χ2v) is 6.89. The third-order valence-electron chi connectivity index (χ3n) is 4.77. The lowest BCUT2D eigenvalue weighted by Crippen LogP contribution is -2.35. The molecule has 6 heteroatoms. The van der Waals surface area contributed by atoms with Crippen molar-refractivity contribution in [3.63, 3.8) is 0 Å². The fourth-order valence-electron chi connectivity index (χ4n) is 3.27. The normalized spacial score (nSPS) is 10.8. The molecule has 0 fully saturated rings. The molecule has 29 heavy (non-hydrogen) atoms. The average Bonchev–Trinajstić information content (AvgIpc) is 3.23. The number of amides is 2. The van der Waals surface area contributed by atoms with E-state index in [0.29, 0.717) is 17.0 Å². The Labute approximate surface area is 167 Å². The van der Waals surface area contributed by atoms with Gasteiger partial charge >= 0.3 is 6.03 Å². The van der Waals surface area contributed by atoms with Gasteiger partial charge < -0.3 is 19.6 Å². The van der Waals surface area contributed by atoms with E-state index < -0.39 is 0 Å². The van der Waals surface area contributed by atoms with E-state index in [2.05, 4.69) is 10.3 Å². The molecule has 0 radical (unpaired) electrons. The fraction of sp³-hybridized carbons (Fsp3) is 0.130. The number of rotatable bonds is 5. The molecule has 4 aromatic rings. The summed E-state index contributed by atoms with van der Waals surface area (Å²) in [5.74, 6) is 0.640. The first kappa shape index (κ1) is 18.6. The molecule has 2 N–H and O–H groups in total. The van der Waals surface area contributed by atoms with Crippen molar-refractivity contribution < 1.29 is 9.21 Å². The highest BCUT2D eigenvalue weighted by Crippen LogP contribution is 2.17. The zero-order valence-corrected chi connectivity index (χ0v) is 16.0. The molecule has 6 nitrogen and oxygen atoms in total. The largest absolute Gasteiger partial charge is 0.467 e. The first-order chi connectivity index (χ1) is 14.1. The van der Waals surface area contributed by atoms with Gasteiger partial charge in [0, 0.05) is 11.3 Å². The van der Waals surface area contributed by atoms with Crippen LogP contribution in [0.1, 0.15) is 16.9 Å². The van der Waals surface area contributed by atoms with E-state index in [9.17, 15) is 9.59 Å². The summed E-state index contributed by atoms with van der Waals surface area (Å²) in [4.78, 5) is 30.1. The summed E-state index contributed by atoms with van der Waals surface area (Å²) in [6.07, 6.45) is 1.56. The molecule has 2 aromatic heterocycles. The smallest absolute Gasteiger partial charge is 0.322 e. The molecule has 4 rings (SSSR count). The first-order valence-electron chi connectivity index (χ1n) is 9.35. The number of furan rings is 1. The molecular formula is C23H21N3O3. The van der Waals surface area contributed by atoms with Crippen LogP contribution in [0.5, 0.6) is 0 Å². The number of carbonyl (C=O) groups excluding carboxylic acids is 1. The number of urea groups is 1. The number of pyridine rings is 1. The number of nitrogens with one attached hydrogen (secondary N) is 2. The maximum atomic E-state index is 12.9. The maximum absolute atomic E-state index is 12.9. The standard InChI is InChI=1S/C23H21N3O3/c1-16-7-5-8-17-13-18(22(27)25-21(16)17)14-26(15-20-11-6-12-29-20)23(28)24-19-9-3-2-4-10-19/h2-13H,14-15H2,1H3,(H,24,28)(H,25,27). The Balaban J connectivity index is 1.64. The van der Waals surface area contributed by atoms with Crippen LogP contribution in [0.2, 0.25) is 0 Å². The van der Waals surface area contributed by atoms with E-state index in [1.165, 1.54) is 0 Å². The number of fused-ring (bicyclic) bond motifs is 1. The molecule has 2 amide bonds. The van der Waals surface area contributed by atoms with Crippen molar-refractivity contribution in [2.24, 2.45) is 0 Å². The molecule has 0 aliphatic heterocycles. The van der Waals surface area contributed by atoms with Gasteiger partial charge in [0.25, 0.3) is 5.56 Å². The third kappa shape index (κ3) is 4.21. The van der Waals surface area contributed by atoms with Gasteiger partial charge in [-0.05, 0) is 48.2 Å². The molecule has 0 aliphatic rings. The minimum Gasteiger partial charge on any atom is -0.467 e. The van der Waals surface area contributed by atoms with Gasteiger partial charge in [0.05, 0.1) is 24.9 Å². The van der Waals surface area contributed by atoms with Crippen LogP contribution in [0.3, 0.4) is 0 Å². The van der Waals surface area contributed by atoms with Gasteiger partial charge in [-0.1, -0.05) is 36.4 Å². The van der Waals surface area contributed by atoms with Crippen LogP contribution < -0.4 is 10.9 Å². The highest BCUT2D eigenvalue weighted by molar-refractivity contribution is 5.89. The molecule has 0 atom stereocenters. The van der Waals surface area contributed by atoms with Crippen molar-refractivity contribution in [2.45, 2.75) is 20.0 Å². The predicted octanol–water partition coefficient (Wildman–Crippen LogP) is 4.66. The van der Waals surface area contributed by atoms with Crippen molar-refractivity contribution in [1.82, 2.24) is 9.88 Å². The zero-order chi connectivity index (χ0) is 20.2.